The Hall–Kier alpha value is -0.120. The van der Waals surface area contributed by atoms with Gasteiger partial charge in [-0.05, 0) is 24.3 Å². The normalized spacial score (nSPS) is 10.6. The van der Waals surface area contributed by atoms with Crippen LogP contribution in [0.15, 0.2) is 24.3 Å². The molecule has 1 heterocycles. The summed E-state index contributed by atoms with van der Waals surface area (Å²) in [6, 6.07) is 7.11. The van der Waals surface area contributed by atoms with Crippen LogP contribution in [0.5, 0.6) is 0 Å². The van der Waals surface area contributed by atoms with Crippen molar-refractivity contribution in [3.63, 3.8) is 0 Å². The van der Waals surface area contributed by atoms with Gasteiger partial charge in [0.25, 0.3) is 0 Å². The van der Waals surface area contributed by atoms with Crippen molar-refractivity contribution in [2.75, 3.05) is 5.32 Å². The van der Waals surface area contributed by atoms with Crippen molar-refractivity contribution in [3.05, 3.63) is 48.5 Å². The minimum atomic E-state index is 0.505. The molecule has 2 rings (SSSR count). The average molecular weight is 327 g/mol. The summed E-state index contributed by atoms with van der Waals surface area (Å²) in [6.45, 7) is 0.623. The topological polar surface area (TPSA) is 12.0 Å². The molecule has 2 aromatic rings. The molecule has 90 valence electrons. The molecule has 0 aliphatic rings. The Morgan fingerprint density at radius 2 is 1.65 bits per heavy atom. The van der Waals surface area contributed by atoms with Gasteiger partial charge in [0.2, 0.25) is 0 Å². The molecule has 1 aromatic heterocycles. The van der Waals surface area contributed by atoms with Crippen LogP contribution < -0.4 is 5.32 Å². The van der Waals surface area contributed by atoms with Gasteiger partial charge in [-0.3, -0.25) is 0 Å². The third-order valence-electron chi connectivity index (χ3n) is 2.08. The molecule has 1 N–H and O–H groups in total. The van der Waals surface area contributed by atoms with E-state index in [-0.39, 0.29) is 0 Å². The van der Waals surface area contributed by atoms with E-state index in [0.29, 0.717) is 27.3 Å². The summed E-state index contributed by atoms with van der Waals surface area (Å²) in [7, 11) is 0. The standard InChI is InChI=1S/C11H7Cl4NS/c12-6-3-8(13)11(9(14)4-6)16-5-7-1-2-10(15)17-7/h1-4,16H,5H2. The largest absolute Gasteiger partial charge is 0.378 e. The molecule has 0 fully saturated rings. The van der Waals surface area contributed by atoms with Gasteiger partial charge < -0.3 is 5.32 Å². The minimum Gasteiger partial charge on any atom is -0.378 e. The number of hydrogen-bond acceptors (Lipinski definition) is 2. The first kappa shape index (κ1) is 13.3. The van der Waals surface area contributed by atoms with E-state index >= 15 is 0 Å². The first-order valence-corrected chi connectivity index (χ1v) is 7.02. The van der Waals surface area contributed by atoms with E-state index in [1.54, 1.807) is 12.1 Å². The van der Waals surface area contributed by atoms with E-state index in [1.807, 2.05) is 12.1 Å². The summed E-state index contributed by atoms with van der Waals surface area (Å²) < 4.78 is 0.759. The second-order valence-electron chi connectivity index (χ2n) is 3.30. The number of anilines is 1. The SMILES string of the molecule is Clc1cc(Cl)c(NCc2ccc(Cl)s2)c(Cl)c1. The fourth-order valence-corrected chi connectivity index (χ4v) is 3.31. The number of halogens is 4. The van der Waals surface area contributed by atoms with Gasteiger partial charge in [0.05, 0.1) is 20.1 Å². The molecule has 0 radical (unpaired) electrons. The number of hydrogen-bond donors (Lipinski definition) is 1. The molecule has 1 aromatic carbocycles. The van der Waals surface area contributed by atoms with E-state index in [0.717, 1.165) is 9.21 Å². The van der Waals surface area contributed by atoms with Gasteiger partial charge in [0.1, 0.15) is 0 Å². The Balaban J connectivity index is 2.14. The Labute approximate surface area is 123 Å². The molecular formula is C11H7Cl4NS. The van der Waals surface area contributed by atoms with Gasteiger partial charge in [0.15, 0.2) is 0 Å². The number of nitrogens with one attached hydrogen (secondary N) is 1. The molecular weight excluding hydrogens is 320 g/mol. The Morgan fingerprint density at radius 1 is 1.00 bits per heavy atom. The fourth-order valence-electron chi connectivity index (χ4n) is 1.33. The van der Waals surface area contributed by atoms with Crippen LogP contribution in [0.1, 0.15) is 4.88 Å². The molecule has 1 nitrogen and oxygen atoms in total. The highest BCUT2D eigenvalue weighted by molar-refractivity contribution is 7.16. The van der Waals surface area contributed by atoms with E-state index < -0.39 is 0 Å². The molecule has 0 atom stereocenters. The Morgan fingerprint density at radius 3 is 2.18 bits per heavy atom. The van der Waals surface area contributed by atoms with E-state index in [9.17, 15) is 0 Å². The van der Waals surface area contributed by atoms with Crippen LogP contribution in [0.25, 0.3) is 0 Å². The quantitative estimate of drug-likeness (QED) is 0.732. The zero-order chi connectivity index (χ0) is 12.4. The molecule has 0 aliphatic heterocycles. The Kier molecular flexibility index (Phi) is 4.45. The predicted molar refractivity (Wildman–Crippen MR) is 78.1 cm³/mol. The van der Waals surface area contributed by atoms with Gasteiger partial charge in [-0.25, -0.2) is 0 Å². The molecule has 0 saturated heterocycles. The summed E-state index contributed by atoms with van der Waals surface area (Å²) in [4.78, 5) is 1.11. The highest BCUT2D eigenvalue weighted by Gasteiger charge is 2.08. The van der Waals surface area contributed by atoms with E-state index in [4.69, 9.17) is 46.4 Å². The van der Waals surface area contributed by atoms with Crippen molar-refractivity contribution in [1.29, 1.82) is 0 Å². The third-order valence-corrected chi connectivity index (χ3v) is 4.12. The lowest BCUT2D eigenvalue weighted by molar-refractivity contribution is 1.19. The van der Waals surface area contributed by atoms with Gasteiger partial charge in [-0.2, -0.15) is 0 Å². The maximum Gasteiger partial charge on any atom is 0.0931 e. The van der Waals surface area contributed by atoms with Gasteiger partial charge in [0, 0.05) is 16.4 Å². The van der Waals surface area contributed by atoms with Crippen LogP contribution in [0.2, 0.25) is 19.4 Å². The third kappa shape index (κ3) is 3.43. The summed E-state index contributed by atoms with van der Waals surface area (Å²) in [5.41, 5.74) is 0.683. The smallest absolute Gasteiger partial charge is 0.0931 e. The molecule has 0 spiro atoms. The van der Waals surface area contributed by atoms with Crippen molar-refractivity contribution in [3.8, 4) is 0 Å². The van der Waals surface area contributed by atoms with Gasteiger partial charge >= 0.3 is 0 Å². The molecule has 0 saturated carbocycles. The van der Waals surface area contributed by atoms with Crippen LogP contribution in [-0.4, -0.2) is 0 Å². The molecule has 0 bridgehead atoms. The van der Waals surface area contributed by atoms with E-state index in [2.05, 4.69) is 5.32 Å². The van der Waals surface area contributed by atoms with Crippen LogP contribution in [0, 0.1) is 0 Å². The van der Waals surface area contributed by atoms with Crippen LogP contribution >= 0.6 is 57.7 Å². The van der Waals surface area contributed by atoms with E-state index in [1.165, 1.54) is 11.3 Å². The molecule has 0 aliphatic carbocycles. The first-order chi connectivity index (χ1) is 8.06. The van der Waals surface area contributed by atoms with Crippen molar-refractivity contribution >= 4 is 63.4 Å². The lowest BCUT2D eigenvalue weighted by Gasteiger charge is -2.09. The average Bonchev–Trinajstić information content (AvgIpc) is 2.62. The summed E-state index contributed by atoms with van der Waals surface area (Å²) in [5, 5.41) is 4.70. The molecule has 17 heavy (non-hydrogen) atoms. The highest BCUT2D eigenvalue weighted by Crippen LogP contribution is 2.34. The Bertz CT molecular complexity index is 515. The second kappa shape index (κ2) is 5.68. The first-order valence-electron chi connectivity index (χ1n) is 4.69. The fraction of sp³-hybridized carbons (Fsp3) is 0.0909. The molecule has 6 heteroatoms. The van der Waals surface area contributed by atoms with Crippen LogP contribution in [0.4, 0.5) is 5.69 Å². The zero-order valence-corrected chi connectivity index (χ0v) is 12.3. The van der Waals surface area contributed by atoms with Crippen molar-refractivity contribution in [1.82, 2.24) is 0 Å². The summed E-state index contributed by atoms with van der Waals surface area (Å²) >= 11 is 25.3. The summed E-state index contributed by atoms with van der Waals surface area (Å²) in [6.07, 6.45) is 0. The zero-order valence-electron chi connectivity index (χ0n) is 8.44. The lowest BCUT2D eigenvalue weighted by atomic mass is 10.3. The van der Waals surface area contributed by atoms with Crippen LogP contribution in [-0.2, 0) is 6.54 Å². The van der Waals surface area contributed by atoms with Gasteiger partial charge in [-0.1, -0.05) is 46.4 Å². The van der Waals surface area contributed by atoms with Crippen molar-refractivity contribution < 1.29 is 0 Å². The maximum atomic E-state index is 6.05. The minimum absolute atomic E-state index is 0.505. The predicted octanol–water partition coefficient (Wildman–Crippen LogP) is 5.97. The molecule has 0 amide bonds. The van der Waals surface area contributed by atoms with Crippen molar-refractivity contribution in [2.45, 2.75) is 6.54 Å². The maximum absolute atomic E-state index is 6.05. The molecule has 0 unspecified atom stereocenters. The number of thiophene rings is 1. The second-order valence-corrected chi connectivity index (χ2v) is 6.35. The monoisotopic (exact) mass is 325 g/mol. The van der Waals surface area contributed by atoms with Crippen molar-refractivity contribution in [2.24, 2.45) is 0 Å². The van der Waals surface area contributed by atoms with Gasteiger partial charge in [-0.15, -0.1) is 11.3 Å². The highest BCUT2D eigenvalue weighted by atomic mass is 35.5. The number of benzene rings is 1. The number of rotatable bonds is 3. The summed E-state index contributed by atoms with van der Waals surface area (Å²) in [5.74, 6) is 0. The lowest BCUT2D eigenvalue weighted by Crippen LogP contribution is -1.98. The van der Waals surface area contributed by atoms with Crippen LogP contribution in [0.3, 0.4) is 0 Å².